The molecule has 0 aromatic heterocycles. The molecular formula is C22H33O6Ti-. The summed E-state index contributed by atoms with van der Waals surface area (Å²) in [4.78, 5) is 28.8. The van der Waals surface area contributed by atoms with E-state index in [1.165, 1.54) is 37.5 Å². The molecule has 0 radical (unpaired) electrons. The summed E-state index contributed by atoms with van der Waals surface area (Å²) in [5.41, 5.74) is 4.92. The number of hydrogen-bond acceptors (Lipinski definition) is 3. The molecule has 0 saturated carbocycles. The smallest absolute Gasteiger partial charge is 0.330 e. The van der Waals surface area contributed by atoms with E-state index in [-0.39, 0.29) is 43.9 Å². The van der Waals surface area contributed by atoms with Crippen molar-refractivity contribution in [2.24, 2.45) is 5.41 Å². The number of carboxylic acid groups (broad SMARTS) is 3. The van der Waals surface area contributed by atoms with Gasteiger partial charge < -0.3 is 15.3 Å². The van der Waals surface area contributed by atoms with E-state index >= 15 is 0 Å². The van der Waals surface area contributed by atoms with Gasteiger partial charge in [-0.1, -0.05) is 52.8 Å². The van der Waals surface area contributed by atoms with Crippen LogP contribution in [0.3, 0.4) is 0 Å². The van der Waals surface area contributed by atoms with Crippen LogP contribution in [0.4, 0.5) is 0 Å². The average molecular weight is 441 g/mol. The van der Waals surface area contributed by atoms with E-state index in [1.54, 1.807) is 0 Å². The van der Waals surface area contributed by atoms with Gasteiger partial charge >= 0.3 is 17.9 Å². The Morgan fingerprint density at radius 2 is 0.966 bits per heavy atom. The van der Waals surface area contributed by atoms with Crippen molar-refractivity contribution in [1.82, 2.24) is 0 Å². The largest absolute Gasteiger partial charge is 0.478 e. The van der Waals surface area contributed by atoms with Crippen LogP contribution in [0.5, 0.6) is 0 Å². The number of aliphatic carboxylic acids is 3. The Kier molecular flexibility index (Phi) is 18.6. The molecule has 1 aliphatic carbocycles. The van der Waals surface area contributed by atoms with E-state index < -0.39 is 17.9 Å². The third-order valence-electron chi connectivity index (χ3n) is 3.66. The predicted octanol–water partition coefficient (Wildman–Crippen LogP) is 5.05. The van der Waals surface area contributed by atoms with Crippen LogP contribution in [0.15, 0.2) is 53.2 Å². The summed E-state index contributed by atoms with van der Waals surface area (Å²) in [7, 11) is 0. The van der Waals surface area contributed by atoms with Crippen LogP contribution in [0.2, 0.25) is 0 Å². The van der Waals surface area contributed by atoms with E-state index in [1.807, 2.05) is 0 Å². The van der Waals surface area contributed by atoms with Gasteiger partial charge in [-0.05, 0) is 20.8 Å². The minimum atomic E-state index is -0.935. The van der Waals surface area contributed by atoms with Gasteiger partial charge in [0.25, 0.3) is 0 Å². The number of carboxylic acids is 3. The fraction of sp³-hybridized carbons (Fsp3) is 0.409. The fourth-order valence-electron chi connectivity index (χ4n) is 1.41. The van der Waals surface area contributed by atoms with E-state index in [0.29, 0.717) is 0 Å². The van der Waals surface area contributed by atoms with Gasteiger partial charge in [0.2, 0.25) is 0 Å². The maximum atomic E-state index is 9.60. The van der Waals surface area contributed by atoms with Gasteiger partial charge in [0.05, 0.1) is 0 Å². The van der Waals surface area contributed by atoms with Gasteiger partial charge in [0.1, 0.15) is 0 Å². The second-order valence-electron chi connectivity index (χ2n) is 6.88. The van der Waals surface area contributed by atoms with Crippen LogP contribution in [-0.4, -0.2) is 33.2 Å². The van der Waals surface area contributed by atoms with Crippen molar-refractivity contribution < 1.29 is 51.4 Å². The van der Waals surface area contributed by atoms with E-state index in [9.17, 15) is 14.4 Å². The van der Waals surface area contributed by atoms with Gasteiger partial charge in [-0.15, -0.1) is 6.92 Å². The Morgan fingerprint density at radius 1 is 0.759 bits per heavy atom. The zero-order chi connectivity index (χ0) is 23.4. The second-order valence-corrected chi connectivity index (χ2v) is 6.88. The number of rotatable bonds is 3. The molecule has 6 nitrogen and oxygen atoms in total. The van der Waals surface area contributed by atoms with Crippen molar-refractivity contribution in [1.29, 1.82) is 0 Å². The first-order valence-electron chi connectivity index (χ1n) is 8.34. The molecule has 0 fully saturated rings. The summed E-state index contributed by atoms with van der Waals surface area (Å²) in [5.74, 6) is -2.81. The summed E-state index contributed by atoms with van der Waals surface area (Å²) < 4.78 is 0. The average Bonchev–Trinajstić information content (AvgIpc) is 2.70. The van der Waals surface area contributed by atoms with Gasteiger partial charge in [-0.2, -0.15) is 11.1 Å². The molecule has 0 aromatic rings. The molecule has 0 atom stereocenters. The summed E-state index contributed by atoms with van der Waals surface area (Å²) in [6.07, 6.45) is 3.44. The van der Waals surface area contributed by atoms with Crippen LogP contribution in [0.25, 0.3) is 0 Å². The Hall–Kier alpha value is -2.18. The molecular weight excluding hydrogens is 408 g/mol. The molecule has 1 aliphatic rings. The third kappa shape index (κ3) is 17.6. The zero-order valence-corrected chi connectivity index (χ0v) is 20.2. The molecule has 162 valence electrons. The van der Waals surface area contributed by atoms with E-state index in [4.69, 9.17) is 15.3 Å². The maximum absolute atomic E-state index is 9.60. The summed E-state index contributed by atoms with van der Waals surface area (Å²) in [6, 6.07) is 0. The molecule has 7 heteroatoms. The molecule has 0 aromatic carbocycles. The van der Waals surface area contributed by atoms with Gasteiger partial charge in [-0.3, -0.25) is 6.08 Å². The Morgan fingerprint density at radius 3 is 1.00 bits per heavy atom. The van der Waals surface area contributed by atoms with Gasteiger partial charge in [0, 0.05) is 38.4 Å². The number of carbonyl (C=O) groups is 3. The van der Waals surface area contributed by atoms with E-state index in [0.717, 1.165) is 0 Å². The molecule has 0 aliphatic heterocycles. The van der Waals surface area contributed by atoms with Crippen molar-refractivity contribution in [3.63, 3.8) is 0 Å². The zero-order valence-electron chi connectivity index (χ0n) is 18.7. The molecule has 1 rings (SSSR count). The van der Waals surface area contributed by atoms with Crippen molar-refractivity contribution >= 4 is 17.9 Å². The van der Waals surface area contributed by atoms with Gasteiger partial charge in [-0.25, -0.2) is 20.0 Å². The van der Waals surface area contributed by atoms with Crippen molar-refractivity contribution in [3.8, 4) is 0 Å². The van der Waals surface area contributed by atoms with Crippen LogP contribution in [0, 0.1) is 11.5 Å². The summed E-state index contributed by atoms with van der Waals surface area (Å²) >= 11 is 0. The number of hydrogen-bond donors (Lipinski definition) is 3. The van der Waals surface area contributed by atoms with E-state index in [2.05, 4.69) is 60.4 Å². The minimum absolute atomic E-state index is 0. The fourth-order valence-corrected chi connectivity index (χ4v) is 1.41. The predicted molar refractivity (Wildman–Crippen MR) is 112 cm³/mol. The Labute approximate surface area is 189 Å². The molecule has 0 amide bonds. The molecule has 0 spiro atoms. The second kappa shape index (κ2) is 15.7. The van der Waals surface area contributed by atoms with Crippen molar-refractivity contribution in [2.45, 2.75) is 55.4 Å². The third-order valence-corrected chi connectivity index (χ3v) is 3.66. The van der Waals surface area contributed by atoms with Crippen LogP contribution < -0.4 is 0 Å². The molecule has 0 bridgehead atoms. The summed E-state index contributed by atoms with van der Waals surface area (Å²) in [5, 5.41) is 23.7. The molecule has 29 heavy (non-hydrogen) atoms. The molecule has 3 N–H and O–H groups in total. The SMILES string of the molecule is C=C(C)C(=O)O.C=C(C)C(=O)O.C=C(C)C(=O)O.CC1=[C-]C(C)(C)C(C)=C1C.[Ti]. The topological polar surface area (TPSA) is 112 Å². The van der Waals surface area contributed by atoms with Crippen molar-refractivity contribution in [3.05, 3.63) is 59.3 Å². The van der Waals surface area contributed by atoms with Crippen LogP contribution in [0.1, 0.15) is 55.4 Å². The molecule has 0 unspecified atom stereocenters. The standard InChI is InChI=1S/C10H15.3C4H6O2.Ti/c1-7-6-10(4,5)9(3)8(7)2;3*1-3(2)4(5)6;/h1-5H3;3*1H2,2H3,(H,5,6);/q-1;;;;. The first-order valence-corrected chi connectivity index (χ1v) is 8.34. The Balaban J connectivity index is -0.000000147. The quantitative estimate of drug-likeness (QED) is 0.321. The van der Waals surface area contributed by atoms with Gasteiger partial charge in [0.15, 0.2) is 0 Å². The Bertz CT molecular complexity index is 616. The first kappa shape index (κ1) is 34.3. The minimum Gasteiger partial charge on any atom is -0.478 e. The van der Waals surface area contributed by atoms with Crippen molar-refractivity contribution in [2.75, 3.05) is 0 Å². The monoisotopic (exact) mass is 441 g/mol. The molecule has 0 heterocycles. The van der Waals surface area contributed by atoms with Crippen LogP contribution in [-0.2, 0) is 36.1 Å². The first-order chi connectivity index (χ1) is 12.4. The maximum Gasteiger partial charge on any atom is 0.330 e. The summed E-state index contributed by atoms with van der Waals surface area (Å²) in [6.45, 7) is 24.7. The normalized spacial score (nSPS) is 12.8. The number of allylic oxidation sites excluding steroid dienone is 4. The molecule has 0 saturated heterocycles. The van der Waals surface area contributed by atoms with Crippen LogP contribution >= 0.6 is 0 Å².